The van der Waals surface area contributed by atoms with Gasteiger partial charge in [0.05, 0.1) is 11.5 Å². The molecule has 4 nitrogen and oxygen atoms in total. The van der Waals surface area contributed by atoms with Crippen LogP contribution in [0.5, 0.6) is 0 Å². The van der Waals surface area contributed by atoms with Crippen molar-refractivity contribution < 1.29 is 8.42 Å². The van der Waals surface area contributed by atoms with Gasteiger partial charge in [-0.25, -0.2) is 8.42 Å². The zero-order chi connectivity index (χ0) is 13.9. The van der Waals surface area contributed by atoms with Crippen LogP contribution in [0.2, 0.25) is 0 Å². The van der Waals surface area contributed by atoms with E-state index in [1.165, 1.54) is 6.42 Å². The predicted molar refractivity (Wildman–Crippen MR) is 79.1 cm³/mol. The van der Waals surface area contributed by atoms with Crippen LogP contribution in [0.25, 0.3) is 0 Å². The smallest absolute Gasteiger partial charge is 0.150 e. The van der Waals surface area contributed by atoms with Gasteiger partial charge in [-0.3, -0.25) is 4.90 Å². The summed E-state index contributed by atoms with van der Waals surface area (Å²) in [6.07, 6.45) is 2.94. The molecule has 2 aliphatic rings. The number of nitrogens with one attached hydrogen (secondary N) is 1. The molecule has 0 aliphatic carbocycles. The molecular formula is C14H28N2O2S. The number of sulfone groups is 1. The highest BCUT2D eigenvalue weighted by Crippen LogP contribution is 2.24. The lowest BCUT2D eigenvalue weighted by molar-refractivity contribution is 0.218. The van der Waals surface area contributed by atoms with E-state index in [1.807, 2.05) is 0 Å². The lowest BCUT2D eigenvalue weighted by Crippen LogP contribution is -2.40. The van der Waals surface area contributed by atoms with Crippen molar-refractivity contribution in [1.29, 1.82) is 0 Å². The Kier molecular flexibility index (Phi) is 5.26. The maximum Gasteiger partial charge on any atom is 0.150 e. The Balaban J connectivity index is 1.70. The molecule has 2 aliphatic heterocycles. The molecule has 0 saturated carbocycles. The van der Waals surface area contributed by atoms with Crippen LogP contribution in [-0.2, 0) is 9.84 Å². The molecule has 0 amide bonds. The van der Waals surface area contributed by atoms with Crippen LogP contribution in [0.4, 0.5) is 0 Å². The first-order valence-corrected chi connectivity index (χ1v) is 9.43. The Bertz CT molecular complexity index is 367. The molecule has 1 N–H and O–H groups in total. The Labute approximate surface area is 117 Å². The van der Waals surface area contributed by atoms with Gasteiger partial charge in [0.2, 0.25) is 0 Å². The molecule has 0 aromatic rings. The number of nitrogens with zero attached hydrogens (tertiary/aromatic N) is 1. The van der Waals surface area contributed by atoms with Crippen LogP contribution >= 0.6 is 0 Å². The maximum absolute atomic E-state index is 11.5. The average molecular weight is 288 g/mol. The van der Waals surface area contributed by atoms with Crippen LogP contribution in [0, 0.1) is 11.8 Å². The Morgan fingerprint density at radius 1 is 1.21 bits per heavy atom. The summed E-state index contributed by atoms with van der Waals surface area (Å²) in [5.41, 5.74) is 0. The second kappa shape index (κ2) is 6.55. The van der Waals surface area contributed by atoms with Crippen LogP contribution in [-0.4, -0.2) is 57.0 Å². The van der Waals surface area contributed by atoms with Gasteiger partial charge in [-0.1, -0.05) is 13.8 Å². The van der Waals surface area contributed by atoms with Crippen LogP contribution in [0.1, 0.15) is 33.1 Å². The van der Waals surface area contributed by atoms with Crippen molar-refractivity contribution in [2.75, 3.05) is 37.7 Å². The van der Waals surface area contributed by atoms with Gasteiger partial charge in [0, 0.05) is 12.6 Å². The average Bonchev–Trinajstić information content (AvgIpc) is 2.77. The standard InChI is InChI=1S/C14H28N2O2S/c1-12(2)9-15-10-13-3-6-16(11-13)14-4-7-19(17,18)8-5-14/h12-15H,3-11H2,1-2H3. The number of rotatable bonds is 5. The van der Waals surface area contributed by atoms with Crippen molar-refractivity contribution in [1.82, 2.24) is 10.2 Å². The van der Waals surface area contributed by atoms with Gasteiger partial charge >= 0.3 is 0 Å². The van der Waals surface area contributed by atoms with Gasteiger partial charge in [-0.2, -0.15) is 0 Å². The molecule has 5 heteroatoms. The zero-order valence-corrected chi connectivity index (χ0v) is 13.1. The van der Waals surface area contributed by atoms with Crippen molar-refractivity contribution in [2.24, 2.45) is 11.8 Å². The molecule has 0 aromatic heterocycles. The van der Waals surface area contributed by atoms with E-state index in [2.05, 4.69) is 24.1 Å². The topological polar surface area (TPSA) is 49.4 Å². The third kappa shape index (κ3) is 4.72. The van der Waals surface area contributed by atoms with E-state index in [0.29, 0.717) is 23.5 Å². The van der Waals surface area contributed by atoms with Gasteiger partial charge in [0.25, 0.3) is 0 Å². The molecule has 19 heavy (non-hydrogen) atoms. The summed E-state index contributed by atoms with van der Waals surface area (Å²) in [5, 5.41) is 3.54. The second-order valence-corrected chi connectivity index (χ2v) is 8.89. The van der Waals surface area contributed by atoms with Crippen LogP contribution in [0.3, 0.4) is 0 Å². The van der Waals surface area contributed by atoms with Gasteiger partial charge in [0.15, 0.2) is 0 Å². The molecule has 2 fully saturated rings. The van der Waals surface area contributed by atoms with E-state index in [1.54, 1.807) is 0 Å². The summed E-state index contributed by atoms with van der Waals surface area (Å²) >= 11 is 0. The monoisotopic (exact) mass is 288 g/mol. The first-order chi connectivity index (χ1) is 8.96. The van der Waals surface area contributed by atoms with E-state index in [9.17, 15) is 8.42 Å². The second-order valence-electron chi connectivity index (χ2n) is 6.58. The number of hydrogen-bond donors (Lipinski definition) is 1. The molecule has 1 unspecified atom stereocenters. The number of likely N-dealkylation sites (tertiary alicyclic amines) is 1. The Morgan fingerprint density at radius 3 is 2.53 bits per heavy atom. The van der Waals surface area contributed by atoms with Crippen LogP contribution in [0.15, 0.2) is 0 Å². The lowest BCUT2D eigenvalue weighted by atomic mass is 10.1. The lowest BCUT2D eigenvalue weighted by Gasteiger charge is -2.31. The van der Waals surface area contributed by atoms with Gasteiger partial charge in [-0.15, -0.1) is 0 Å². The summed E-state index contributed by atoms with van der Waals surface area (Å²) in [4.78, 5) is 2.52. The van der Waals surface area contributed by atoms with Crippen molar-refractivity contribution in [3.05, 3.63) is 0 Å². The summed E-state index contributed by atoms with van der Waals surface area (Å²) in [5.74, 6) is 2.24. The minimum absolute atomic E-state index is 0.393. The minimum Gasteiger partial charge on any atom is -0.316 e. The fourth-order valence-electron chi connectivity index (χ4n) is 3.18. The highest BCUT2D eigenvalue weighted by molar-refractivity contribution is 7.91. The zero-order valence-electron chi connectivity index (χ0n) is 12.3. The SMILES string of the molecule is CC(C)CNCC1CCN(C2CCS(=O)(=O)CC2)C1. The minimum atomic E-state index is -2.72. The molecule has 0 bridgehead atoms. The molecule has 1 atom stereocenters. The fraction of sp³-hybridized carbons (Fsp3) is 1.00. The van der Waals surface area contributed by atoms with E-state index in [-0.39, 0.29) is 0 Å². The summed E-state index contributed by atoms with van der Waals surface area (Å²) < 4.78 is 22.9. The largest absolute Gasteiger partial charge is 0.316 e. The van der Waals surface area contributed by atoms with Crippen molar-refractivity contribution in [3.8, 4) is 0 Å². The van der Waals surface area contributed by atoms with E-state index < -0.39 is 9.84 Å². The number of hydrogen-bond acceptors (Lipinski definition) is 4. The Morgan fingerprint density at radius 2 is 1.89 bits per heavy atom. The highest BCUT2D eigenvalue weighted by atomic mass is 32.2. The first kappa shape index (κ1) is 15.3. The molecule has 2 saturated heterocycles. The van der Waals surface area contributed by atoms with E-state index >= 15 is 0 Å². The Hall–Kier alpha value is -0.130. The van der Waals surface area contributed by atoms with E-state index in [0.717, 1.165) is 44.9 Å². The molecule has 0 aromatic carbocycles. The quantitative estimate of drug-likeness (QED) is 0.824. The molecule has 112 valence electrons. The molecule has 0 spiro atoms. The van der Waals surface area contributed by atoms with Crippen molar-refractivity contribution in [3.63, 3.8) is 0 Å². The van der Waals surface area contributed by atoms with E-state index in [4.69, 9.17) is 0 Å². The summed E-state index contributed by atoms with van der Waals surface area (Å²) in [6, 6.07) is 0.513. The molecule has 0 radical (unpaired) electrons. The third-order valence-electron chi connectivity index (χ3n) is 4.34. The van der Waals surface area contributed by atoms with Crippen molar-refractivity contribution in [2.45, 2.75) is 39.2 Å². The van der Waals surface area contributed by atoms with Crippen molar-refractivity contribution >= 4 is 9.84 Å². The highest BCUT2D eigenvalue weighted by Gasteiger charge is 2.32. The van der Waals surface area contributed by atoms with Gasteiger partial charge < -0.3 is 5.32 Å². The van der Waals surface area contributed by atoms with Gasteiger partial charge in [-0.05, 0) is 50.7 Å². The molecule has 2 heterocycles. The third-order valence-corrected chi connectivity index (χ3v) is 6.06. The van der Waals surface area contributed by atoms with Crippen LogP contribution < -0.4 is 5.32 Å². The van der Waals surface area contributed by atoms with Gasteiger partial charge in [0.1, 0.15) is 9.84 Å². The maximum atomic E-state index is 11.5. The molecule has 2 rings (SSSR count). The fourth-order valence-corrected chi connectivity index (χ4v) is 4.65. The summed E-state index contributed by atoms with van der Waals surface area (Å²) in [7, 11) is -2.72. The first-order valence-electron chi connectivity index (χ1n) is 7.61. The summed E-state index contributed by atoms with van der Waals surface area (Å²) in [6.45, 7) is 8.97. The predicted octanol–water partition coefficient (Wildman–Crippen LogP) is 1.13. The normalized spacial score (nSPS) is 29.1. The molecular weight excluding hydrogens is 260 g/mol.